The van der Waals surface area contributed by atoms with E-state index < -0.39 is 23.3 Å². The van der Waals surface area contributed by atoms with Crippen LogP contribution < -0.4 is 4.74 Å². The van der Waals surface area contributed by atoms with Crippen molar-refractivity contribution < 1.29 is 24.0 Å². The van der Waals surface area contributed by atoms with Crippen LogP contribution in [0.5, 0.6) is 5.75 Å². The van der Waals surface area contributed by atoms with E-state index in [2.05, 4.69) is 0 Å². The third kappa shape index (κ3) is 4.05. The van der Waals surface area contributed by atoms with Crippen LogP contribution in [0.2, 0.25) is 4.34 Å². The van der Waals surface area contributed by atoms with Crippen molar-refractivity contribution in [3.8, 4) is 5.75 Å². The van der Waals surface area contributed by atoms with E-state index >= 15 is 0 Å². The Kier molecular flexibility index (Phi) is 5.30. The summed E-state index contributed by atoms with van der Waals surface area (Å²) in [5.41, 5.74) is -0.409. The first-order valence-electron chi connectivity index (χ1n) is 6.20. The van der Waals surface area contributed by atoms with Gasteiger partial charge in [0.25, 0.3) is 0 Å². The van der Waals surface area contributed by atoms with Crippen molar-refractivity contribution >= 4 is 40.4 Å². The number of carbonyl (C=O) groups is 2. The number of nitro groups is 1. The van der Waals surface area contributed by atoms with Gasteiger partial charge in [0.05, 0.1) is 26.8 Å². The van der Waals surface area contributed by atoms with Gasteiger partial charge in [-0.2, -0.15) is 0 Å². The molecule has 2 rings (SSSR count). The molecule has 0 aliphatic carbocycles. The van der Waals surface area contributed by atoms with Gasteiger partial charge in [-0.25, -0.2) is 4.79 Å². The Balaban J connectivity index is 2.07. The second-order valence-corrected chi connectivity index (χ2v) is 5.96. The lowest BCUT2D eigenvalue weighted by atomic mass is 10.2. The molecule has 0 atom stereocenters. The smallest absolute Gasteiger partial charge is 0.338 e. The first-order valence-corrected chi connectivity index (χ1v) is 7.40. The largest absolute Gasteiger partial charge is 0.490 e. The Bertz CT molecular complexity index is 772. The van der Waals surface area contributed by atoms with Crippen LogP contribution in [0.25, 0.3) is 0 Å². The Labute approximate surface area is 139 Å². The van der Waals surface area contributed by atoms with E-state index in [-0.39, 0.29) is 17.0 Å². The van der Waals surface area contributed by atoms with Gasteiger partial charge < -0.3 is 9.47 Å². The maximum atomic E-state index is 11.9. The maximum Gasteiger partial charge on any atom is 0.338 e. The van der Waals surface area contributed by atoms with Crippen LogP contribution >= 0.6 is 22.9 Å². The first-order chi connectivity index (χ1) is 10.9. The average molecular weight is 356 g/mol. The van der Waals surface area contributed by atoms with E-state index in [9.17, 15) is 19.7 Å². The standard InChI is InChI=1S/C14H10ClNO6S/c1-21-11-3-2-8(6-9(11)16(19)20)14(18)22-7-10(17)12-4-5-13(15)23-12/h2-6H,7H2,1H3. The van der Waals surface area contributed by atoms with Crippen LogP contribution in [-0.2, 0) is 4.74 Å². The summed E-state index contributed by atoms with van der Waals surface area (Å²) in [6.07, 6.45) is 0. The monoisotopic (exact) mass is 355 g/mol. The molecule has 0 amide bonds. The molecule has 120 valence electrons. The van der Waals surface area contributed by atoms with Crippen LogP contribution in [-0.4, -0.2) is 30.4 Å². The number of benzene rings is 1. The number of nitrogens with zero attached hydrogens (tertiary/aromatic N) is 1. The van der Waals surface area contributed by atoms with Gasteiger partial charge in [0.1, 0.15) is 0 Å². The fourth-order valence-corrected chi connectivity index (χ4v) is 2.68. The highest BCUT2D eigenvalue weighted by atomic mass is 35.5. The maximum absolute atomic E-state index is 11.9. The van der Waals surface area contributed by atoms with E-state index in [1.165, 1.54) is 25.3 Å². The summed E-state index contributed by atoms with van der Waals surface area (Å²) in [5.74, 6) is -1.22. The molecule has 0 N–H and O–H groups in total. The van der Waals surface area contributed by atoms with E-state index in [1.54, 1.807) is 6.07 Å². The molecule has 23 heavy (non-hydrogen) atoms. The Morgan fingerprint density at radius 2 is 2.04 bits per heavy atom. The summed E-state index contributed by atoms with van der Waals surface area (Å²) in [4.78, 5) is 34.3. The molecule has 0 spiro atoms. The molecule has 0 radical (unpaired) electrons. The number of thiophene rings is 1. The minimum absolute atomic E-state index is 0.0239. The SMILES string of the molecule is COc1ccc(C(=O)OCC(=O)c2ccc(Cl)s2)cc1[N+](=O)[O-]. The molecular formula is C14H10ClNO6S. The van der Waals surface area contributed by atoms with Crippen molar-refractivity contribution in [3.05, 3.63) is 55.2 Å². The number of esters is 1. The molecule has 0 fully saturated rings. The van der Waals surface area contributed by atoms with Gasteiger partial charge in [0.2, 0.25) is 5.78 Å². The summed E-state index contributed by atoms with van der Waals surface area (Å²) in [6, 6.07) is 6.74. The topological polar surface area (TPSA) is 95.7 Å². The number of ether oxygens (including phenoxy) is 2. The van der Waals surface area contributed by atoms with Crippen LogP contribution in [0, 0.1) is 10.1 Å². The Morgan fingerprint density at radius 1 is 1.30 bits per heavy atom. The summed E-state index contributed by atoms with van der Waals surface area (Å²) >= 11 is 6.79. The van der Waals surface area contributed by atoms with Gasteiger partial charge in [-0.3, -0.25) is 14.9 Å². The van der Waals surface area contributed by atoms with Crippen LogP contribution in [0.3, 0.4) is 0 Å². The summed E-state index contributed by atoms with van der Waals surface area (Å²) in [6.45, 7) is -0.477. The van der Waals surface area contributed by atoms with Crippen molar-refractivity contribution in [2.45, 2.75) is 0 Å². The van der Waals surface area contributed by atoms with Gasteiger partial charge in [0, 0.05) is 6.07 Å². The Morgan fingerprint density at radius 3 is 2.61 bits per heavy atom. The molecule has 0 bridgehead atoms. The quantitative estimate of drug-likeness (QED) is 0.341. The Hall–Kier alpha value is -2.45. The highest BCUT2D eigenvalue weighted by Crippen LogP contribution is 2.28. The van der Waals surface area contributed by atoms with Gasteiger partial charge in [-0.05, 0) is 24.3 Å². The number of rotatable bonds is 6. The van der Waals surface area contributed by atoms with Gasteiger partial charge in [0.15, 0.2) is 12.4 Å². The zero-order valence-corrected chi connectivity index (χ0v) is 13.3. The third-order valence-corrected chi connectivity index (χ3v) is 4.07. The predicted octanol–water partition coefficient (Wildman–Crippen LogP) is 3.36. The van der Waals surface area contributed by atoms with Gasteiger partial charge in [-0.1, -0.05) is 11.6 Å². The molecule has 0 saturated heterocycles. The zero-order chi connectivity index (χ0) is 17.0. The van der Waals surface area contributed by atoms with Crippen LogP contribution in [0.4, 0.5) is 5.69 Å². The highest BCUT2D eigenvalue weighted by molar-refractivity contribution is 7.18. The molecule has 9 heteroatoms. The molecule has 0 aliphatic rings. The van der Waals surface area contributed by atoms with Crippen LogP contribution in [0.1, 0.15) is 20.0 Å². The molecule has 1 aromatic carbocycles. The number of Topliss-reactive ketones (excluding diaryl/α,β-unsaturated/α-hetero) is 1. The molecule has 1 heterocycles. The second-order valence-electron chi connectivity index (χ2n) is 4.25. The van der Waals surface area contributed by atoms with Crippen molar-refractivity contribution in [1.29, 1.82) is 0 Å². The lowest BCUT2D eigenvalue weighted by molar-refractivity contribution is -0.385. The van der Waals surface area contributed by atoms with Crippen molar-refractivity contribution in [1.82, 2.24) is 0 Å². The van der Waals surface area contributed by atoms with E-state index in [0.29, 0.717) is 9.21 Å². The van der Waals surface area contributed by atoms with Crippen LogP contribution in [0.15, 0.2) is 30.3 Å². The molecule has 0 aliphatic heterocycles. The van der Waals surface area contributed by atoms with Gasteiger partial charge >= 0.3 is 11.7 Å². The first kappa shape index (κ1) is 16.9. The summed E-state index contributed by atoms with van der Waals surface area (Å²) in [7, 11) is 1.28. The zero-order valence-electron chi connectivity index (χ0n) is 11.8. The fraction of sp³-hybridized carbons (Fsp3) is 0.143. The van der Waals surface area contributed by atoms with Crippen molar-refractivity contribution in [3.63, 3.8) is 0 Å². The normalized spacial score (nSPS) is 10.2. The minimum atomic E-state index is -0.841. The molecule has 1 aromatic heterocycles. The van der Waals surface area contributed by atoms with E-state index in [0.717, 1.165) is 17.4 Å². The van der Waals surface area contributed by atoms with E-state index in [4.69, 9.17) is 21.1 Å². The second kappa shape index (κ2) is 7.21. The molecule has 0 unspecified atom stereocenters. The highest BCUT2D eigenvalue weighted by Gasteiger charge is 2.20. The van der Waals surface area contributed by atoms with Gasteiger partial charge in [-0.15, -0.1) is 11.3 Å². The number of ketones is 1. The van der Waals surface area contributed by atoms with E-state index in [1.807, 2.05) is 0 Å². The number of methoxy groups -OCH3 is 1. The number of hydrogen-bond acceptors (Lipinski definition) is 7. The lowest BCUT2D eigenvalue weighted by Gasteiger charge is -2.05. The lowest BCUT2D eigenvalue weighted by Crippen LogP contribution is -2.13. The molecule has 2 aromatic rings. The number of hydrogen-bond donors (Lipinski definition) is 0. The summed E-state index contributed by atoms with van der Waals surface area (Å²) in [5, 5.41) is 10.9. The predicted molar refractivity (Wildman–Crippen MR) is 83.6 cm³/mol. The summed E-state index contributed by atoms with van der Waals surface area (Å²) < 4.78 is 10.2. The molecule has 7 nitrogen and oxygen atoms in total. The molecular weight excluding hydrogens is 346 g/mol. The average Bonchev–Trinajstić information content (AvgIpc) is 2.98. The number of carbonyl (C=O) groups excluding carboxylic acids is 2. The number of halogens is 1. The van der Waals surface area contributed by atoms with Crippen molar-refractivity contribution in [2.75, 3.05) is 13.7 Å². The van der Waals surface area contributed by atoms with Crippen molar-refractivity contribution in [2.24, 2.45) is 0 Å². The minimum Gasteiger partial charge on any atom is -0.490 e. The molecule has 0 saturated carbocycles. The fourth-order valence-electron chi connectivity index (χ4n) is 1.71. The number of nitro benzene ring substituents is 1. The third-order valence-electron chi connectivity index (χ3n) is 2.79.